The van der Waals surface area contributed by atoms with E-state index in [1.54, 1.807) is 31.2 Å². The first-order chi connectivity index (χ1) is 11.0. The second-order valence-corrected chi connectivity index (χ2v) is 6.51. The van der Waals surface area contributed by atoms with Crippen molar-refractivity contribution in [1.82, 2.24) is 9.88 Å². The van der Waals surface area contributed by atoms with Gasteiger partial charge >= 0.3 is 5.97 Å². The number of carbonyl (C=O) groups excluding carboxylic acids is 1. The van der Waals surface area contributed by atoms with E-state index in [2.05, 4.69) is 14.9 Å². The highest BCUT2D eigenvalue weighted by molar-refractivity contribution is 7.90. The Morgan fingerprint density at radius 2 is 2.17 bits per heavy atom. The second kappa shape index (κ2) is 5.84. The fraction of sp³-hybridized carbons (Fsp3) is 0.214. The number of benzene rings is 1. The molecule has 0 unspecified atom stereocenters. The number of rotatable bonds is 4. The molecule has 120 valence electrons. The molecule has 2 aromatic rings. The van der Waals surface area contributed by atoms with Gasteiger partial charge in [-0.1, -0.05) is 17.3 Å². The Bertz CT molecular complexity index is 885. The summed E-state index contributed by atoms with van der Waals surface area (Å²) in [6.45, 7) is 1.40. The smallest absolute Gasteiger partial charge is 0.328 e. The van der Waals surface area contributed by atoms with Gasteiger partial charge in [0.2, 0.25) is 0 Å². The van der Waals surface area contributed by atoms with Crippen LogP contribution in [0.2, 0.25) is 0 Å². The molecular formula is C14H13N3O5S. The van der Waals surface area contributed by atoms with E-state index in [-0.39, 0.29) is 23.9 Å². The van der Waals surface area contributed by atoms with Crippen molar-refractivity contribution in [3.63, 3.8) is 0 Å². The van der Waals surface area contributed by atoms with E-state index in [0.717, 1.165) is 0 Å². The predicted octanol–water partition coefficient (Wildman–Crippen LogP) is 0.765. The van der Waals surface area contributed by atoms with Crippen LogP contribution in [0.4, 0.5) is 0 Å². The van der Waals surface area contributed by atoms with Crippen LogP contribution in [0.5, 0.6) is 0 Å². The SMILES string of the molecule is Cc1cc(COC(=O)CN=C2NS(=O)(=O)c3ccccc32)no1. The van der Waals surface area contributed by atoms with Gasteiger partial charge in [-0.15, -0.1) is 0 Å². The van der Waals surface area contributed by atoms with Gasteiger partial charge in [0.25, 0.3) is 10.0 Å². The van der Waals surface area contributed by atoms with Gasteiger partial charge < -0.3 is 9.26 Å². The van der Waals surface area contributed by atoms with Gasteiger partial charge in [0.1, 0.15) is 30.4 Å². The largest absolute Gasteiger partial charge is 0.458 e. The van der Waals surface area contributed by atoms with Gasteiger partial charge in [-0.3, -0.25) is 14.5 Å². The lowest BCUT2D eigenvalue weighted by atomic mass is 10.2. The lowest BCUT2D eigenvalue weighted by molar-refractivity contribution is -0.143. The van der Waals surface area contributed by atoms with E-state index in [0.29, 0.717) is 17.0 Å². The molecule has 1 aromatic heterocycles. The zero-order valence-corrected chi connectivity index (χ0v) is 13.0. The number of nitrogens with one attached hydrogen (secondary N) is 1. The third kappa shape index (κ3) is 3.24. The molecule has 0 amide bonds. The highest BCUT2D eigenvalue weighted by Crippen LogP contribution is 2.22. The van der Waals surface area contributed by atoms with Crippen molar-refractivity contribution in [3.05, 3.63) is 47.3 Å². The third-order valence-electron chi connectivity index (χ3n) is 3.09. The van der Waals surface area contributed by atoms with Crippen molar-refractivity contribution in [2.75, 3.05) is 6.54 Å². The summed E-state index contributed by atoms with van der Waals surface area (Å²) in [6, 6.07) is 8.07. The second-order valence-electron chi connectivity index (χ2n) is 4.86. The number of hydrogen-bond acceptors (Lipinski definition) is 7. The summed E-state index contributed by atoms with van der Waals surface area (Å²) in [5.74, 6) is 0.157. The first-order valence-corrected chi connectivity index (χ1v) is 8.18. The standard InChI is InChI=1S/C14H13N3O5S/c1-9-6-10(16-22-9)8-21-13(18)7-15-14-11-4-2-3-5-12(11)23(19,20)17-14/h2-6H,7-8H2,1H3,(H,15,17). The maximum absolute atomic E-state index is 11.9. The van der Waals surface area contributed by atoms with Gasteiger partial charge in [-0.25, -0.2) is 8.42 Å². The van der Waals surface area contributed by atoms with Crippen LogP contribution < -0.4 is 4.72 Å². The van der Waals surface area contributed by atoms with Crippen LogP contribution in [0, 0.1) is 6.92 Å². The van der Waals surface area contributed by atoms with Crippen molar-refractivity contribution in [1.29, 1.82) is 0 Å². The fourth-order valence-corrected chi connectivity index (χ4v) is 3.33. The molecule has 8 nitrogen and oxygen atoms in total. The molecule has 1 N–H and O–H groups in total. The molecule has 0 bridgehead atoms. The van der Waals surface area contributed by atoms with Crippen molar-refractivity contribution >= 4 is 21.8 Å². The van der Waals surface area contributed by atoms with Gasteiger partial charge in [0.15, 0.2) is 0 Å². The molecule has 1 aromatic carbocycles. The summed E-state index contributed by atoms with van der Waals surface area (Å²) in [6.07, 6.45) is 0. The number of sulfonamides is 1. The Morgan fingerprint density at radius 3 is 2.91 bits per heavy atom. The Balaban J connectivity index is 1.65. The molecule has 23 heavy (non-hydrogen) atoms. The van der Waals surface area contributed by atoms with Crippen molar-refractivity contribution < 1.29 is 22.5 Å². The number of fused-ring (bicyclic) bond motifs is 1. The molecule has 0 saturated carbocycles. The molecule has 2 heterocycles. The van der Waals surface area contributed by atoms with Crippen LogP contribution in [-0.4, -0.2) is 31.9 Å². The number of ether oxygens (including phenoxy) is 1. The molecule has 0 aliphatic carbocycles. The Morgan fingerprint density at radius 1 is 1.39 bits per heavy atom. The Hall–Kier alpha value is -2.68. The number of carbonyl (C=O) groups is 1. The van der Waals surface area contributed by atoms with E-state index in [4.69, 9.17) is 9.26 Å². The lowest BCUT2D eigenvalue weighted by Crippen LogP contribution is -2.23. The summed E-state index contributed by atoms with van der Waals surface area (Å²) in [4.78, 5) is 15.8. The zero-order valence-electron chi connectivity index (χ0n) is 12.1. The molecule has 0 radical (unpaired) electrons. The van der Waals surface area contributed by atoms with Crippen LogP contribution in [0.25, 0.3) is 0 Å². The van der Waals surface area contributed by atoms with Crippen LogP contribution in [0.1, 0.15) is 17.0 Å². The average Bonchev–Trinajstić information content (AvgIpc) is 3.05. The molecular weight excluding hydrogens is 322 g/mol. The van der Waals surface area contributed by atoms with Gasteiger partial charge in [-0.2, -0.15) is 0 Å². The monoisotopic (exact) mass is 335 g/mol. The highest BCUT2D eigenvalue weighted by Gasteiger charge is 2.30. The maximum Gasteiger partial charge on any atom is 0.328 e. The maximum atomic E-state index is 11.9. The van der Waals surface area contributed by atoms with E-state index in [1.807, 2.05) is 0 Å². The zero-order chi connectivity index (χ0) is 16.4. The van der Waals surface area contributed by atoms with Crippen LogP contribution in [0.3, 0.4) is 0 Å². The van der Waals surface area contributed by atoms with Crippen molar-refractivity contribution in [2.45, 2.75) is 18.4 Å². The number of aromatic nitrogens is 1. The number of amidine groups is 1. The summed E-state index contributed by atoms with van der Waals surface area (Å²) in [7, 11) is -3.61. The molecule has 9 heteroatoms. The average molecular weight is 335 g/mol. The van der Waals surface area contributed by atoms with E-state index in [9.17, 15) is 13.2 Å². The number of hydrogen-bond donors (Lipinski definition) is 1. The molecule has 0 saturated heterocycles. The summed E-state index contributed by atoms with van der Waals surface area (Å²) >= 11 is 0. The minimum absolute atomic E-state index is 0.0245. The van der Waals surface area contributed by atoms with Gasteiger partial charge in [0, 0.05) is 11.6 Å². The molecule has 3 rings (SSSR count). The summed E-state index contributed by atoms with van der Waals surface area (Å²) < 4.78 is 36.0. The highest BCUT2D eigenvalue weighted by atomic mass is 32.2. The van der Waals surface area contributed by atoms with Crippen LogP contribution in [-0.2, 0) is 26.2 Å². The van der Waals surface area contributed by atoms with E-state index >= 15 is 0 Å². The van der Waals surface area contributed by atoms with Crippen LogP contribution in [0.15, 0.2) is 44.7 Å². The molecule has 0 atom stereocenters. The third-order valence-corrected chi connectivity index (χ3v) is 4.48. The fourth-order valence-electron chi connectivity index (χ4n) is 2.08. The summed E-state index contributed by atoms with van der Waals surface area (Å²) in [5, 5.41) is 3.69. The quantitative estimate of drug-likeness (QED) is 0.826. The van der Waals surface area contributed by atoms with Crippen LogP contribution >= 0.6 is 0 Å². The Labute approximate surface area is 132 Å². The van der Waals surface area contributed by atoms with Crippen molar-refractivity contribution in [3.8, 4) is 0 Å². The predicted molar refractivity (Wildman–Crippen MR) is 79.2 cm³/mol. The van der Waals surface area contributed by atoms with E-state index in [1.165, 1.54) is 6.07 Å². The first-order valence-electron chi connectivity index (χ1n) is 6.70. The molecule has 0 spiro atoms. The molecule has 1 aliphatic heterocycles. The minimum Gasteiger partial charge on any atom is -0.458 e. The summed E-state index contributed by atoms with van der Waals surface area (Å²) in [5.41, 5.74) is 0.933. The minimum atomic E-state index is -3.61. The number of esters is 1. The topological polar surface area (TPSA) is 111 Å². The molecule has 1 aliphatic rings. The Kier molecular flexibility index (Phi) is 3.87. The lowest BCUT2D eigenvalue weighted by Gasteiger charge is -2.01. The van der Waals surface area contributed by atoms with E-state index < -0.39 is 16.0 Å². The normalized spacial score (nSPS) is 16.8. The number of aryl methyl sites for hydroxylation is 1. The van der Waals surface area contributed by atoms with Gasteiger partial charge in [-0.05, 0) is 19.1 Å². The van der Waals surface area contributed by atoms with Gasteiger partial charge in [0.05, 0.1) is 4.90 Å². The number of aliphatic imine (C=N–C) groups is 1. The van der Waals surface area contributed by atoms with Crippen molar-refractivity contribution in [2.24, 2.45) is 4.99 Å². The first kappa shape index (κ1) is 15.2. The molecule has 0 fully saturated rings. The number of nitrogens with zero attached hydrogens (tertiary/aromatic N) is 2.